The number of benzene rings is 1. The number of hydrogen-bond donors (Lipinski definition) is 2. The van der Waals surface area contributed by atoms with Gasteiger partial charge in [-0.25, -0.2) is 0 Å². The highest BCUT2D eigenvalue weighted by Crippen LogP contribution is 2.50. The summed E-state index contributed by atoms with van der Waals surface area (Å²) in [6, 6.07) is 9.77. The number of amides is 1. The summed E-state index contributed by atoms with van der Waals surface area (Å²) < 4.78 is 1.17. The molecular formula is C24H29BrN2O2S. The molecule has 5 rings (SSSR count). The minimum Gasteiger partial charge on any atom is -0.375 e. The Balaban J connectivity index is 1.30. The van der Waals surface area contributed by atoms with Gasteiger partial charge in [0.15, 0.2) is 5.60 Å². The molecule has 1 aromatic carbocycles. The van der Waals surface area contributed by atoms with Crippen LogP contribution < -0.4 is 10.2 Å². The first-order valence-electron chi connectivity index (χ1n) is 11.1. The second kappa shape index (κ2) is 7.95. The number of carbonyl (C=O) groups is 1. The Kier molecular flexibility index (Phi) is 5.44. The zero-order valence-corrected chi connectivity index (χ0v) is 19.7. The molecule has 2 saturated carbocycles. The van der Waals surface area contributed by atoms with Gasteiger partial charge in [0.2, 0.25) is 0 Å². The van der Waals surface area contributed by atoms with Gasteiger partial charge in [0.1, 0.15) is 0 Å². The van der Waals surface area contributed by atoms with Crippen LogP contribution in [0.2, 0.25) is 0 Å². The fourth-order valence-electron chi connectivity index (χ4n) is 5.74. The lowest BCUT2D eigenvalue weighted by Crippen LogP contribution is -2.52. The number of nitrogens with zero attached hydrogens (tertiary/aromatic N) is 1. The Morgan fingerprint density at radius 2 is 1.83 bits per heavy atom. The smallest absolute Gasteiger partial charge is 0.257 e. The minimum atomic E-state index is -1.43. The van der Waals surface area contributed by atoms with E-state index in [9.17, 15) is 9.90 Å². The molecule has 0 radical (unpaired) electrons. The van der Waals surface area contributed by atoms with E-state index in [0.29, 0.717) is 11.8 Å². The highest BCUT2D eigenvalue weighted by molar-refractivity contribution is 9.10. The minimum absolute atomic E-state index is 0.00634. The van der Waals surface area contributed by atoms with Crippen molar-refractivity contribution in [2.24, 2.45) is 17.8 Å². The lowest BCUT2D eigenvalue weighted by atomic mass is 9.73. The van der Waals surface area contributed by atoms with Crippen molar-refractivity contribution in [2.45, 2.75) is 50.7 Å². The molecule has 160 valence electrons. The Morgan fingerprint density at radius 1 is 1.17 bits per heavy atom. The summed E-state index contributed by atoms with van der Waals surface area (Å²) in [6.07, 6.45) is 5.20. The van der Waals surface area contributed by atoms with Crippen LogP contribution in [-0.4, -0.2) is 30.1 Å². The van der Waals surface area contributed by atoms with Gasteiger partial charge in [-0.3, -0.25) is 4.79 Å². The molecular weight excluding hydrogens is 460 g/mol. The molecule has 2 N–H and O–H groups in total. The fraction of sp³-hybridized carbons (Fsp3) is 0.542. The molecule has 6 heteroatoms. The third-order valence-corrected chi connectivity index (χ3v) is 9.27. The standard InChI is InChI=1S/C24H29BrN2O2S/c1-15-22(20(25)14-30-15)27-12-18-19(13-27)21(18)26-23(28)24(29,16-8-4-2-5-9-16)17-10-6-3-7-11-17/h2,4-5,8-9,14,17-19,21,29H,3,6-7,10-13H2,1H3,(H,26,28)/t18-,19?,21?,24?/m0/s1. The Bertz CT molecular complexity index is 895. The van der Waals surface area contributed by atoms with Gasteiger partial charge in [0.05, 0.1) is 10.2 Å². The number of rotatable bonds is 5. The Morgan fingerprint density at radius 3 is 2.43 bits per heavy atom. The summed E-state index contributed by atoms with van der Waals surface area (Å²) in [5.41, 5.74) is 0.616. The highest BCUT2D eigenvalue weighted by Gasteiger charge is 2.58. The van der Waals surface area contributed by atoms with Gasteiger partial charge < -0.3 is 15.3 Å². The molecule has 2 heterocycles. The molecule has 0 bridgehead atoms. The van der Waals surface area contributed by atoms with E-state index in [0.717, 1.165) is 44.3 Å². The first kappa shape index (κ1) is 20.5. The molecule has 4 nitrogen and oxygen atoms in total. The summed E-state index contributed by atoms with van der Waals surface area (Å²) in [5, 5.41) is 17.2. The molecule has 3 unspecified atom stereocenters. The number of nitrogens with one attached hydrogen (secondary N) is 1. The second-order valence-corrected chi connectivity index (χ2v) is 11.1. The van der Waals surface area contributed by atoms with Crippen LogP contribution in [0, 0.1) is 24.7 Å². The van der Waals surface area contributed by atoms with E-state index in [2.05, 4.69) is 38.5 Å². The second-order valence-electron chi connectivity index (χ2n) is 9.19. The molecule has 2 aliphatic carbocycles. The molecule has 1 amide bonds. The highest BCUT2D eigenvalue weighted by atomic mass is 79.9. The molecule has 4 atom stereocenters. The topological polar surface area (TPSA) is 52.6 Å². The first-order chi connectivity index (χ1) is 14.5. The van der Waals surface area contributed by atoms with Crippen LogP contribution in [0.1, 0.15) is 42.5 Å². The maximum absolute atomic E-state index is 13.5. The van der Waals surface area contributed by atoms with Gasteiger partial charge >= 0.3 is 0 Å². The zero-order valence-electron chi connectivity index (χ0n) is 17.3. The maximum Gasteiger partial charge on any atom is 0.257 e. The summed E-state index contributed by atoms with van der Waals surface area (Å²) in [4.78, 5) is 17.3. The van der Waals surface area contributed by atoms with Crippen molar-refractivity contribution in [3.05, 3.63) is 50.6 Å². The predicted octanol–water partition coefficient (Wildman–Crippen LogP) is 4.84. The lowest BCUT2D eigenvalue weighted by Gasteiger charge is -2.38. The number of hydrogen-bond acceptors (Lipinski definition) is 4. The van der Waals surface area contributed by atoms with Crippen LogP contribution in [-0.2, 0) is 10.4 Å². The number of thiophene rings is 1. The van der Waals surface area contributed by atoms with Crippen LogP contribution in [0.5, 0.6) is 0 Å². The van der Waals surface area contributed by atoms with E-state index in [-0.39, 0.29) is 17.9 Å². The summed E-state index contributed by atoms with van der Waals surface area (Å²) in [5.74, 6) is 0.755. The van der Waals surface area contributed by atoms with Crippen LogP contribution in [0.3, 0.4) is 0 Å². The molecule has 2 aromatic rings. The lowest BCUT2D eigenvalue weighted by molar-refractivity contribution is -0.149. The van der Waals surface area contributed by atoms with Crippen molar-refractivity contribution in [3.63, 3.8) is 0 Å². The number of aliphatic hydroxyl groups is 1. The molecule has 1 aliphatic heterocycles. The number of piperidine rings is 1. The van der Waals surface area contributed by atoms with E-state index < -0.39 is 5.60 Å². The fourth-order valence-corrected chi connectivity index (χ4v) is 7.45. The number of fused-ring (bicyclic) bond motifs is 1. The quantitative estimate of drug-likeness (QED) is 0.632. The first-order valence-corrected chi connectivity index (χ1v) is 12.7. The van der Waals surface area contributed by atoms with E-state index in [1.54, 1.807) is 11.3 Å². The average Bonchev–Trinajstić information content (AvgIpc) is 3.07. The molecule has 3 fully saturated rings. The van der Waals surface area contributed by atoms with Crippen LogP contribution in [0.15, 0.2) is 40.2 Å². The van der Waals surface area contributed by atoms with Gasteiger partial charge in [-0.2, -0.15) is 0 Å². The van der Waals surface area contributed by atoms with E-state index in [1.165, 1.54) is 21.5 Å². The Hall–Kier alpha value is -1.37. The molecule has 1 saturated heterocycles. The predicted molar refractivity (Wildman–Crippen MR) is 125 cm³/mol. The zero-order chi connectivity index (χ0) is 20.9. The van der Waals surface area contributed by atoms with Crippen molar-refractivity contribution in [1.29, 1.82) is 0 Å². The van der Waals surface area contributed by atoms with E-state index >= 15 is 0 Å². The van der Waals surface area contributed by atoms with Gasteiger partial charge in [-0.1, -0.05) is 49.6 Å². The summed E-state index contributed by atoms with van der Waals surface area (Å²) >= 11 is 5.45. The van der Waals surface area contributed by atoms with Crippen molar-refractivity contribution in [1.82, 2.24) is 5.32 Å². The van der Waals surface area contributed by atoms with Crippen molar-refractivity contribution in [2.75, 3.05) is 18.0 Å². The number of anilines is 1. The SMILES string of the molecule is Cc1scc(Br)c1N1CC2C(NC(=O)C(O)(c3ccccc3)C3CCCCC3)[C@H]2C1. The molecule has 30 heavy (non-hydrogen) atoms. The number of carbonyl (C=O) groups excluding carboxylic acids is 1. The van der Waals surface area contributed by atoms with Gasteiger partial charge in [0.25, 0.3) is 5.91 Å². The number of halogens is 1. The van der Waals surface area contributed by atoms with Gasteiger partial charge in [0, 0.05) is 47.1 Å². The third-order valence-electron chi connectivity index (χ3n) is 7.46. The van der Waals surface area contributed by atoms with E-state index in [4.69, 9.17) is 0 Å². The third kappa shape index (κ3) is 3.41. The maximum atomic E-state index is 13.5. The monoisotopic (exact) mass is 488 g/mol. The molecule has 3 aliphatic rings. The molecule has 1 aromatic heterocycles. The van der Waals surface area contributed by atoms with Gasteiger partial charge in [-0.15, -0.1) is 11.3 Å². The summed E-state index contributed by atoms with van der Waals surface area (Å²) in [6.45, 7) is 4.11. The van der Waals surface area contributed by atoms with E-state index in [1.807, 2.05) is 30.3 Å². The largest absolute Gasteiger partial charge is 0.375 e. The molecule has 0 spiro atoms. The van der Waals surface area contributed by atoms with Crippen molar-refractivity contribution in [3.8, 4) is 0 Å². The Labute approximate surface area is 190 Å². The van der Waals surface area contributed by atoms with Gasteiger partial charge in [-0.05, 0) is 41.3 Å². The van der Waals surface area contributed by atoms with Crippen molar-refractivity contribution >= 4 is 38.9 Å². The average molecular weight is 489 g/mol. The normalized spacial score (nSPS) is 28.1. The van der Waals surface area contributed by atoms with Crippen LogP contribution in [0.25, 0.3) is 0 Å². The van der Waals surface area contributed by atoms with Crippen LogP contribution in [0.4, 0.5) is 5.69 Å². The van der Waals surface area contributed by atoms with Crippen molar-refractivity contribution < 1.29 is 9.90 Å². The summed E-state index contributed by atoms with van der Waals surface area (Å²) in [7, 11) is 0. The number of aryl methyl sites for hydroxylation is 1. The van der Waals surface area contributed by atoms with Crippen LogP contribution >= 0.6 is 27.3 Å².